The van der Waals surface area contributed by atoms with Crippen molar-refractivity contribution >= 4 is 17.8 Å². The second-order valence-electron chi connectivity index (χ2n) is 6.20. The molecule has 1 aromatic carbocycles. The Morgan fingerprint density at radius 2 is 1.88 bits per heavy atom. The van der Waals surface area contributed by atoms with E-state index < -0.39 is 5.54 Å². The van der Waals surface area contributed by atoms with Gasteiger partial charge in [-0.3, -0.25) is 14.5 Å². The molecule has 0 radical (unpaired) electrons. The second-order valence-corrected chi connectivity index (χ2v) is 6.20. The Labute approximate surface area is 140 Å². The van der Waals surface area contributed by atoms with Gasteiger partial charge in [-0.2, -0.15) is 0 Å². The average molecular weight is 331 g/mol. The summed E-state index contributed by atoms with van der Waals surface area (Å²) >= 11 is 0. The number of hydrogen-bond donors (Lipinski definition) is 1. The first-order chi connectivity index (χ1) is 11.6. The first-order valence-electron chi connectivity index (χ1n) is 8.00. The molecule has 0 bridgehead atoms. The molecule has 2 aliphatic heterocycles. The van der Waals surface area contributed by atoms with Gasteiger partial charge in [0.15, 0.2) is 0 Å². The number of methoxy groups -OCH3 is 1. The van der Waals surface area contributed by atoms with Crippen LogP contribution in [-0.2, 0) is 20.9 Å². The van der Waals surface area contributed by atoms with Gasteiger partial charge in [0.1, 0.15) is 12.1 Å². The van der Waals surface area contributed by atoms with Crippen molar-refractivity contribution in [3.8, 4) is 0 Å². The summed E-state index contributed by atoms with van der Waals surface area (Å²) in [6.45, 7) is 1.17. The number of nitrogens with one attached hydrogen (secondary N) is 1. The van der Waals surface area contributed by atoms with Crippen molar-refractivity contribution in [1.29, 1.82) is 0 Å². The fourth-order valence-corrected chi connectivity index (χ4v) is 3.28. The number of piperidine rings is 1. The van der Waals surface area contributed by atoms with Crippen LogP contribution in [-0.4, -0.2) is 60.0 Å². The third-order valence-electron chi connectivity index (χ3n) is 4.67. The van der Waals surface area contributed by atoms with Gasteiger partial charge in [0.05, 0.1) is 6.54 Å². The lowest BCUT2D eigenvalue weighted by atomic mass is 9.87. The number of rotatable bonds is 4. The van der Waals surface area contributed by atoms with E-state index in [-0.39, 0.29) is 31.0 Å². The van der Waals surface area contributed by atoms with Crippen LogP contribution in [0.25, 0.3) is 0 Å². The number of hydrogen-bond acceptors (Lipinski definition) is 4. The Bertz CT molecular complexity index is 638. The molecule has 0 atom stereocenters. The molecule has 1 N–H and O–H groups in total. The van der Waals surface area contributed by atoms with Crippen LogP contribution in [0.1, 0.15) is 18.4 Å². The van der Waals surface area contributed by atoms with E-state index in [0.717, 1.165) is 5.56 Å². The summed E-state index contributed by atoms with van der Waals surface area (Å²) in [7, 11) is 1.48. The van der Waals surface area contributed by atoms with Crippen molar-refractivity contribution in [3.05, 3.63) is 35.9 Å². The summed E-state index contributed by atoms with van der Waals surface area (Å²) in [5.74, 6) is -0.291. The molecule has 0 unspecified atom stereocenters. The molecule has 128 valence electrons. The maximum atomic E-state index is 12.8. The van der Waals surface area contributed by atoms with Gasteiger partial charge >= 0.3 is 6.03 Å². The van der Waals surface area contributed by atoms with Crippen LogP contribution in [0.5, 0.6) is 0 Å². The number of urea groups is 1. The lowest BCUT2D eigenvalue weighted by Gasteiger charge is -2.37. The van der Waals surface area contributed by atoms with E-state index in [1.807, 2.05) is 30.3 Å². The number of amides is 4. The molecule has 7 heteroatoms. The maximum absolute atomic E-state index is 12.8. The predicted octanol–water partition coefficient (Wildman–Crippen LogP) is 0.746. The highest BCUT2D eigenvalue weighted by Gasteiger charge is 2.52. The van der Waals surface area contributed by atoms with E-state index in [0.29, 0.717) is 25.9 Å². The van der Waals surface area contributed by atoms with E-state index in [4.69, 9.17) is 4.74 Å². The number of nitrogens with zero attached hydrogens (tertiary/aromatic N) is 2. The zero-order valence-electron chi connectivity index (χ0n) is 13.7. The highest BCUT2D eigenvalue weighted by molar-refractivity contribution is 6.07. The van der Waals surface area contributed by atoms with Crippen LogP contribution in [0.3, 0.4) is 0 Å². The normalized spacial score (nSPS) is 19.7. The Kier molecular flexibility index (Phi) is 4.53. The smallest absolute Gasteiger partial charge is 0.325 e. The van der Waals surface area contributed by atoms with Crippen molar-refractivity contribution in [2.75, 3.05) is 26.8 Å². The number of benzene rings is 1. The summed E-state index contributed by atoms with van der Waals surface area (Å²) in [6.07, 6.45) is 0.858. The number of likely N-dealkylation sites (tertiary alicyclic amines) is 1. The summed E-state index contributed by atoms with van der Waals surface area (Å²) < 4.78 is 4.86. The van der Waals surface area contributed by atoms with Gasteiger partial charge in [-0.25, -0.2) is 4.79 Å². The van der Waals surface area contributed by atoms with Gasteiger partial charge in [0, 0.05) is 20.2 Å². The van der Waals surface area contributed by atoms with Crippen LogP contribution in [0.4, 0.5) is 4.79 Å². The van der Waals surface area contributed by atoms with E-state index in [9.17, 15) is 14.4 Å². The first kappa shape index (κ1) is 16.4. The van der Waals surface area contributed by atoms with E-state index in [1.54, 1.807) is 4.90 Å². The number of carbonyl (C=O) groups is 3. The second kappa shape index (κ2) is 6.60. The van der Waals surface area contributed by atoms with Crippen molar-refractivity contribution in [2.45, 2.75) is 24.9 Å². The Morgan fingerprint density at radius 1 is 1.21 bits per heavy atom. The monoisotopic (exact) mass is 331 g/mol. The molecule has 0 aliphatic carbocycles. The van der Waals surface area contributed by atoms with Crippen LogP contribution >= 0.6 is 0 Å². The van der Waals surface area contributed by atoms with Crippen LogP contribution < -0.4 is 5.32 Å². The van der Waals surface area contributed by atoms with Crippen molar-refractivity contribution < 1.29 is 19.1 Å². The van der Waals surface area contributed by atoms with Gasteiger partial charge in [-0.15, -0.1) is 0 Å². The van der Waals surface area contributed by atoms with E-state index >= 15 is 0 Å². The minimum atomic E-state index is -0.879. The number of carbonyl (C=O) groups excluding carboxylic acids is 3. The lowest BCUT2D eigenvalue weighted by molar-refractivity contribution is -0.140. The van der Waals surface area contributed by atoms with Gasteiger partial charge in [-0.05, 0) is 18.4 Å². The third kappa shape index (κ3) is 2.99. The third-order valence-corrected chi connectivity index (χ3v) is 4.67. The molecule has 2 saturated heterocycles. The maximum Gasteiger partial charge on any atom is 0.325 e. The summed E-state index contributed by atoms with van der Waals surface area (Å²) in [5, 5.41) is 2.85. The van der Waals surface area contributed by atoms with Crippen molar-refractivity contribution in [1.82, 2.24) is 15.1 Å². The molecule has 0 saturated carbocycles. The van der Waals surface area contributed by atoms with Crippen molar-refractivity contribution in [2.24, 2.45) is 0 Å². The fourth-order valence-electron chi connectivity index (χ4n) is 3.28. The minimum absolute atomic E-state index is 0.0352. The highest BCUT2D eigenvalue weighted by Crippen LogP contribution is 2.30. The standard InChI is InChI=1S/C17H21N3O4/c1-24-12-14(21)19-9-7-17(8-10-19)15(22)20(16(23)18-17)11-13-5-3-2-4-6-13/h2-6H,7-12H2,1H3,(H,18,23). The Balaban J connectivity index is 1.67. The quantitative estimate of drug-likeness (QED) is 0.826. The Hall–Kier alpha value is -2.41. The van der Waals surface area contributed by atoms with Crippen LogP contribution in [0.2, 0.25) is 0 Å². The molecule has 24 heavy (non-hydrogen) atoms. The molecule has 1 aromatic rings. The summed E-state index contributed by atoms with van der Waals surface area (Å²) in [5.41, 5.74) is 0.0289. The molecule has 2 fully saturated rings. The molecule has 2 aliphatic rings. The zero-order valence-corrected chi connectivity index (χ0v) is 13.7. The largest absolute Gasteiger partial charge is 0.375 e. The number of imide groups is 1. The van der Waals surface area contributed by atoms with E-state index in [2.05, 4.69) is 5.32 Å². The van der Waals surface area contributed by atoms with Gasteiger partial charge in [0.2, 0.25) is 5.91 Å². The molecule has 3 rings (SSSR count). The molecule has 7 nitrogen and oxygen atoms in total. The number of ether oxygens (including phenoxy) is 1. The van der Waals surface area contributed by atoms with Gasteiger partial charge < -0.3 is 15.0 Å². The van der Waals surface area contributed by atoms with Crippen LogP contribution in [0, 0.1) is 0 Å². The fraction of sp³-hybridized carbons (Fsp3) is 0.471. The molecule has 1 spiro atoms. The topological polar surface area (TPSA) is 79.0 Å². The average Bonchev–Trinajstić information content (AvgIpc) is 2.81. The molecule has 4 amide bonds. The van der Waals surface area contributed by atoms with E-state index in [1.165, 1.54) is 12.0 Å². The minimum Gasteiger partial charge on any atom is -0.375 e. The molecular formula is C17H21N3O4. The van der Waals surface area contributed by atoms with Gasteiger partial charge in [0.25, 0.3) is 5.91 Å². The van der Waals surface area contributed by atoms with Crippen molar-refractivity contribution in [3.63, 3.8) is 0 Å². The molecule has 2 heterocycles. The highest BCUT2D eigenvalue weighted by atomic mass is 16.5. The lowest BCUT2D eigenvalue weighted by Crippen LogP contribution is -2.56. The predicted molar refractivity (Wildman–Crippen MR) is 85.9 cm³/mol. The Morgan fingerprint density at radius 3 is 2.50 bits per heavy atom. The molecular weight excluding hydrogens is 310 g/mol. The van der Waals surface area contributed by atoms with Gasteiger partial charge in [-0.1, -0.05) is 30.3 Å². The first-order valence-corrected chi connectivity index (χ1v) is 8.00. The van der Waals surface area contributed by atoms with Crippen LogP contribution in [0.15, 0.2) is 30.3 Å². The zero-order chi connectivity index (χ0) is 17.2. The summed E-state index contributed by atoms with van der Waals surface area (Å²) in [6, 6.07) is 9.06. The molecule has 0 aromatic heterocycles. The summed E-state index contributed by atoms with van der Waals surface area (Å²) in [4.78, 5) is 39.9. The SMILES string of the molecule is COCC(=O)N1CCC2(CC1)NC(=O)N(Cc1ccccc1)C2=O.